The minimum absolute atomic E-state index is 0.195. The number of amides is 2. The second-order valence-corrected chi connectivity index (χ2v) is 8.29. The number of piperidine rings is 1. The van der Waals surface area contributed by atoms with Crippen LogP contribution in [0.2, 0.25) is 0 Å². The van der Waals surface area contributed by atoms with Crippen LogP contribution in [0, 0.1) is 11.8 Å². The molecule has 0 saturated carbocycles. The van der Waals surface area contributed by atoms with Crippen LogP contribution in [0.25, 0.3) is 0 Å². The minimum Gasteiger partial charge on any atom is -0.348 e. The zero-order chi connectivity index (χ0) is 18.4. The predicted molar refractivity (Wildman–Crippen MR) is 100 cm³/mol. The van der Waals surface area contributed by atoms with Crippen LogP contribution in [0.5, 0.6) is 0 Å². The quantitative estimate of drug-likeness (QED) is 0.715. The van der Waals surface area contributed by atoms with E-state index < -0.39 is 0 Å². The van der Waals surface area contributed by atoms with Crippen LogP contribution >= 0.6 is 0 Å². The molecule has 6 nitrogen and oxygen atoms in total. The number of likely N-dealkylation sites (N-methyl/N-ethyl adjacent to an activating group) is 1. The molecule has 0 bridgehead atoms. The van der Waals surface area contributed by atoms with Crippen LogP contribution in [0.15, 0.2) is 0 Å². The van der Waals surface area contributed by atoms with Gasteiger partial charge in [-0.15, -0.1) is 0 Å². The lowest BCUT2D eigenvalue weighted by Crippen LogP contribution is -2.51. The van der Waals surface area contributed by atoms with Gasteiger partial charge in [-0.1, -0.05) is 13.8 Å². The second kappa shape index (κ2) is 9.53. The summed E-state index contributed by atoms with van der Waals surface area (Å²) < 4.78 is 0. The van der Waals surface area contributed by atoms with E-state index in [4.69, 9.17) is 0 Å². The highest BCUT2D eigenvalue weighted by atomic mass is 16.2. The summed E-state index contributed by atoms with van der Waals surface area (Å²) in [4.78, 5) is 32.5. The predicted octanol–water partition coefficient (Wildman–Crippen LogP) is 0.977. The third-order valence-electron chi connectivity index (χ3n) is 5.39. The lowest BCUT2D eigenvalue weighted by Gasteiger charge is -2.39. The van der Waals surface area contributed by atoms with E-state index in [1.165, 1.54) is 12.8 Å². The number of likely N-dealkylation sites (tertiary alicyclic amines) is 1. The Balaban J connectivity index is 1.65. The molecule has 0 N–H and O–H groups in total. The van der Waals surface area contributed by atoms with Gasteiger partial charge in [0, 0.05) is 53.2 Å². The molecule has 0 aromatic heterocycles. The molecule has 2 saturated heterocycles. The van der Waals surface area contributed by atoms with Crippen molar-refractivity contribution in [2.24, 2.45) is 11.8 Å². The van der Waals surface area contributed by atoms with E-state index in [1.807, 2.05) is 19.0 Å². The zero-order valence-electron chi connectivity index (χ0n) is 16.5. The molecule has 2 amide bonds. The van der Waals surface area contributed by atoms with Crippen molar-refractivity contribution in [1.29, 1.82) is 0 Å². The lowest BCUT2D eigenvalue weighted by atomic mass is 9.96. The van der Waals surface area contributed by atoms with Crippen LogP contribution in [-0.4, -0.2) is 97.9 Å². The summed E-state index contributed by atoms with van der Waals surface area (Å²) in [5.41, 5.74) is 0. The van der Waals surface area contributed by atoms with Gasteiger partial charge in [-0.05, 0) is 37.8 Å². The summed E-state index contributed by atoms with van der Waals surface area (Å²) in [6, 6.07) is 0. The Morgan fingerprint density at radius 1 is 0.960 bits per heavy atom. The molecule has 0 aromatic carbocycles. The number of hydrogen-bond acceptors (Lipinski definition) is 4. The van der Waals surface area contributed by atoms with E-state index in [-0.39, 0.29) is 5.91 Å². The van der Waals surface area contributed by atoms with E-state index in [1.54, 1.807) is 4.90 Å². The van der Waals surface area contributed by atoms with Gasteiger partial charge in [0.15, 0.2) is 0 Å². The minimum atomic E-state index is 0.195. The average molecular weight is 353 g/mol. The summed E-state index contributed by atoms with van der Waals surface area (Å²) in [7, 11) is 3.64. The molecule has 144 valence electrons. The topological polar surface area (TPSA) is 47.1 Å². The van der Waals surface area contributed by atoms with Crippen LogP contribution in [0.3, 0.4) is 0 Å². The Labute approximate surface area is 153 Å². The molecule has 0 spiro atoms. The van der Waals surface area contributed by atoms with Crippen LogP contribution in [-0.2, 0) is 9.59 Å². The van der Waals surface area contributed by atoms with Crippen LogP contribution in [0.4, 0.5) is 0 Å². The van der Waals surface area contributed by atoms with Crippen molar-refractivity contribution < 1.29 is 9.59 Å². The first-order valence-electron chi connectivity index (χ1n) is 9.77. The fraction of sp³-hybridized carbons (Fsp3) is 0.895. The zero-order valence-corrected chi connectivity index (χ0v) is 16.5. The summed E-state index contributed by atoms with van der Waals surface area (Å²) in [6.45, 7) is 11.7. The van der Waals surface area contributed by atoms with Gasteiger partial charge in [0.2, 0.25) is 11.8 Å². The highest BCUT2D eigenvalue weighted by Gasteiger charge is 2.26. The fourth-order valence-electron chi connectivity index (χ4n) is 3.68. The Kier molecular flexibility index (Phi) is 7.69. The molecular weight excluding hydrogens is 316 g/mol. The SMILES string of the molecule is CC(C)CC(=O)N1CCN(CC2CCN(CC(=O)N(C)C)CC2)CC1. The molecule has 0 unspecified atom stereocenters. The molecular formula is C19H36N4O2. The second-order valence-electron chi connectivity index (χ2n) is 8.29. The summed E-state index contributed by atoms with van der Waals surface area (Å²) in [6.07, 6.45) is 3.02. The maximum Gasteiger partial charge on any atom is 0.236 e. The van der Waals surface area contributed by atoms with E-state index >= 15 is 0 Å². The molecule has 0 radical (unpaired) electrons. The molecule has 2 aliphatic heterocycles. The first kappa shape index (κ1) is 20.2. The first-order chi connectivity index (χ1) is 11.8. The first-order valence-corrected chi connectivity index (χ1v) is 9.77. The van der Waals surface area contributed by atoms with Crippen molar-refractivity contribution in [3.63, 3.8) is 0 Å². The van der Waals surface area contributed by atoms with E-state index in [0.717, 1.165) is 51.7 Å². The lowest BCUT2D eigenvalue weighted by molar-refractivity contribution is -0.134. The number of rotatable bonds is 6. The van der Waals surface area contributed by atoms with Crippen molar-refractivity contribution in [2.45, 2.75) is 33.1 Å². The van der Waals surface area contributed by atoms with Crippen molar-refractivity contribution in [2.75, 3.05) is 66.5 Å². The molecule has 0 atom stereocenters. The van der Waals surface area contributed by atoms with Gasteiger partial charge in [0.05, 0.1) is 6.54 Å². The largest absolute Gasteiger partial charge is 0.348 e. The van der Waals surface area contributed by atoms with Crippen LogP contribution < -0.4 is 0 Å². The third-order valence-corrected chi connectivity index (χ3v) is 5.39. The number of carbonyl (C=O) groups excluding carboxylic acids is 2. The smallest absolute Gasteiger partial charge is 0.236 e. The Bertz CT molecular complexity index is 437. The van der Waals surface area contributed by atoms with Gasteiger partial charge in [-0.2, -0.15) is 0 Å². The summed E-state index contributed by atoms with van der Waals surface area (Å²) in [5.74, 6) is 1.67. The number of carbonyl (C=O) groups is 2. The van der Waals surface area contributed by atoms with Crippen molar-refractivity contribution in [3.05, 3.63) is 0 Å². The van der Waals surface area contributed by atoms with Gasteiger partial charge in [0.25, 0.3) is 0 Å². The molecule has 2 fully saturated rings. The van der Waals surface area contributed by atoms with Gasteiger partial charge in [-0.25, -0.2) is 0 Å². The normalized spacial score (nSPS) is 20.9. The van der Waals surface area contributed by atoms with E-state index in [0.29, 0.717) is 24.8 Å². The summed E-state index contributed by atoms with van der Waals surface area (Å²) >= 11 is 0. The Hall–Kier alpha value is -1.14. The molecule has 6 heteroatoms. The molecule has 2 rings (SSSR count). The van der Waals surface area contributed by atoms with E-state index in [9.17, 15) is 9.59 Å². The molecule has 0 aromatic rings. The highest BCUT2D eigenvalue weighted by Crippen LogP contribution is 2.19. The fourth-order valence-corrected chi connectivity index (χ4v) is 3.68. The molecule has 2 aliphatic rings. The Morgan fingerprint density at radius 3 is 2.08 bits per heavy atom. The Morgan fingerprint density at radius 2 is 1.56 bits per heavy atom. The van der Waals surface area contributed by atoms with Crippen molar-refractivity contribution >= 4 is 11.8 Å². The number of nitrogens with zero attached hydrogens (tertiary/aromatic N) is 4. The van der Waals surface area contributed by atoms with Gasteiger partial charge in [-0.3, -0.25) is 19.4 Å². The van der Waals surface area contributed by atoms with Crippen molar-refractivity contribution in [3.8, 4) is 0 Å². The van der Waals surface area contributed by atoms with Crippen molar-refractivity contribution in [1.82, 2.24) is 19.6 Å². The number of piperazine rings is 1. The van der Waals surface area contributed by atoms with E-state index in [2.05, 4.69) is 23.6 Å². The number of hydrogen-bond donors (Lipinski definition) is 0. The van der Waals surface area contributed by atoms with Gasteiger partial charge in [0.1, 0.15) is 0 Å². The highest BCUT2D eigenvalue weighted by molar-refractivity contribution is 5.77. The molecule has 2 heterocycles. The van der Waals surface area contributed by atoms with Gasteiger partial charge < -0.3 is 9.80 Å². The summed E-state index contributed by atoms with van der Waals surface area (Å²) in [5, 5.41) is 0. The maximum absolute atomic E-state index is 12.1. The average Bonchev–Trinajstić information content (AvgIpc) is 2.56. The maximum atomic E-state index is 12.1. The van der Waals surface area contributed by atoms with Crippen LogP contribution in [0.1, 0.15) is 33.1 Å². The molecule has 0 aliphatic carbocycles. The standard InChI is InChI=1S/C19H36N4O2/c1-16(2)13-18(24)23-11-9-22(10-12-23)14-17-5-7-21(8-6-17)15-19(25)20(3)4/h16-17H,5-15H2,1-4H3. The third kappa shape index (κ3) is 6.59. The monoisotopic (exact) mass is 352 g/mol. The molecule has 25 heavy (non-hydrogen) atoms. The van der Waals surface area contributed by atoms with Gasteiger partial charge >= 0.3 is 0 Å².